The maximum absolute atomic E-state index is 10.6. The number of fused-ring (bicyclic) bond motifs is 1. The molecule has 0 amide bonds. The Hall–Kier alpha value is -1.55. The van der Waals surface area contributed by atoms with Crippen molar-refractivity contribution in [2.45, 2.75) is 5.88 Å². The van der Waals surface area contributed by atoms with E-state index < -0.39 is 4.92 Å². The van der Waals surface area contributed by atoms with Crippen molar-refractivity contribution in [3.05, 3.63) is 40.1 Å². The Morgan fingerprint density at radius 3 is 2.93 bits per heavy atom. The quantitative estimate of drug-likeness (QED) is 0.436. The fourth-order valence-electron chi connectivity index (χ4n) is 1.32. The second-order valence-corrected chi connectivity index (χ2v) is 3.06. The summed E-state index contributed by atoms with van der Waals surface area (Å²) in [6.45, 7) is 0. The van der Waals surface area contributed by atoms with Crippen LogP contribution in [0.1, 0.15) is 5.76 Å². The summed E-state index contributed by atoms with van der Waals surface area (Å²) >= 11 is 5.57. The number of nitro benzene ring substituents is 1. The number of hydrogen-bond donors (Lipinski definition) is 0. The molecule has 2 aromatic rings. The zero-order valence-corrected chi connectivity index (χ0v) is 7.82. The molecule has 72 valence electrons. The fourth-order valence-corrected chi connectivity index (χ4v) is 1.45. The van der Waals surface area contributed by atoms with Crippen LogP contribution in [0.5, 0.6) is 0 Å². The molecule has 0 aliphatic rings. The molecule has 2 rings (SSSR count). The van der Waals surface area contributed by atoms with E-state index in [9.17, 15) is 10.1 Å². The van der Waals surface area contributed by atoms with Crippen molar-refractivity contribution in [1.29, 1.82) is 0 Å². The first-order valence-electron chi connectivity index (χ1n) is 3.94. The third kappa shape index (κ3) is 1.33. The van der Waals surface area contributed by atoms with E-state index >= 15 is 0 Å². The Morgan fingerprint density at radius 2 is 2.29 bits per heavy atom. The molecule has 1 heterocycles. The van der Waals surface area contributed by atoms with Gasteiger partial charge in [0.15, 0.2) is 0 Å². The molecule has 14 heavy (non-hydrogen) atoms. The summed E-state index contributed by atoms with van der Waals surface area (Å²) in [7, 11) is 0. The zero-order chi connectivity index (χ0) is 10.1. The Morgan fingerprint density at radius 1 is 1.50 bits per heavy atom. The lowest BCUT2D eigenvalue weighted by molar-refractivity contribution is -0.383. The highest BCUT2D eigenvalue weighted by Gasteiger charge is 2.14. The molecule has 0 bridgehead atoms. The van der Waals surface area contributed by atoms with Gasteiger partial charge in [-0.05, 0) is 12.1 Å². The minimum Gasteiger partial charge on any atom is -0.460 e. The van der Waals surface area contributed by atoms with Crippen LogP contribution in [0.2, 0.25) is 0 Å². The number of alkyl halides is 1. The number of non-ortho nitro benzene ring substituents is 1. The highest BCUT2D eigenvalue weighted by Crippen LogP contribution is 2.28. The van der Waals surface area contributed by atoms with Gasteiger partial charge in [-0.2, -0.15) is 0 Å². The number of nitro groups is 1. The van der Waals surface area contributed by atoms with E-state index in [-0.39, 0.29) is 11.6 Å². The van der Waals surface area contributed by atoms with Crippen LogP contribution in [0.3, 0.4) is 0 Å². The van der Waals surface area contributed by atoms with Gasteiger partial charge in [0.25, 0.3) is 5.69 Å². The molecule has 0 spiro atoms. The van der Waals surface area contributed by atoms with Crippen LogP contribution in [-0.4, -0.2) is 4.92 Å². The minimum atomic E-state index is -0.435. The predicted octanol–water partition coefficient (Wildman–Crippen LogP) is 3.08. The summed E-state index contributed by atoms with van der Waals surface area (Å²) < 4.78 is 5.27. The van der Waals surface area contributed by atoms with Crippen molar-refractivity contribution in [3.63, 3.8) is 0 Å². The lowest BCUT2D eigenvalue weighted by atomic mass is 10.2. The monoisotopic (exact) mass is 211 g/mol. The van der Waals surface area contributed by atoms with E-state index in [1.54, 1.807) is 18.2 Å². The molecule has 0 aliphatic heterocycles. The molecule has 0 N–H and O–H groups in total. The normalized spacial score (nSPS) is 10.6. The highest BCUT2D eigenvalue weighted by atomic mass is 35.5. The van der Waals surface area contributed by atoms with Crippen molar-refractivity contribution >= 4 is 28.3 Å². The average Bonchev–Trinajstić information content (AvgIpc) is 2.59. The molecule has 0 unspecified atom stereocenters. The van der Waals surface area contributed by atoms with Gasteiger partial charge in [-0.3, -0.25) is 10.1 Å². The largest absolute Gasteiger partial charge is 0.460 e. The zero-order valence-electron chi connectivity index (χ0n) is 7.07. The summed E-state index contributed by atoms with van der Waals surface area (Å²) in [4.78, 5) is 10.2. The Kier molecular flexibility index (Phi) is 2.13. The number of nitrogens with zero attached hydrogens (tertiary/aromatic N) is 1. The number of hydrogen-bond acceptors (Lipinski definition) is 3. The van der Waals surface area contributed by atoms with E-state index in [0.29, 0.717) is 16.7 Å². The summed E-state index contributed by atoms with van der Waals surface area (Å²) in [6.07, 6.45) is 0. The molecule has 1 aromatic heterocycles. The minimum absolute atomic E-state index is 0.0441. The first kappa shape index (κ1) is 9.02. The molecular formula is C9H6ClNO3. The lowest BCUT2D eigenvalue weighted by Gasteiger charge is -1.90. The van der Waals surface area contributed by atoms with Crippen molar-refractivity contribution in [2.24, 2.45) is 0 Å². The molecule has 1 aromatic carbocycles. The average molecular weight is 212 g/mol. The summed E-state index contributed by atoms with van der Waals surface area (Å²) in [5.74, 6) is 0.752. The Balaban J connectivity index is 2.73. The molecule has 0 aliphatic carbocycles. The number of furan rings is 1. The van der Waals surface area contributed by atoms with E-state index in [2.05, 4.69) is 0 Å². The van der Waals surface area contributed by atoms with Gasteiger partial charge in [0, 0.05) is 6.07 Å². The van der Waals surface area contributed by atoms with Gasteiger partial charge in [0.1, 0.15) is 11.3 Å². The first-order valence-corrected chi connectivity index (χ1v) is 4.47. The first-order chi connectivity index (χ1) is 6.72. The van der Waals surface area contributed by atoms with Crippen LogP contribution in [0.4, 0.5) is 5.69 Å². The molecule has 0 atom stereocenters. The van der Waals surface area contributed by atoms with Crippen LogP contribution < -0.4 is 0 Å². The van der Waals surface area contributed by atoms with Crippen LogP contribution in [0.15, 0.2) is 28.7 Å². The molecule has 0 fully saturated rings. The summed E-state index contributed by atoms with van der Waals surface area (Å²) in [6, 6.07) is 6.30. The van der Waals surface area contributed by atoms with Crippen molar-refractivity contribution < 1.29 is 9.34 Å². The molecule has 0 saturated heterocycles. The van der Waals surface area contributed by atoms with Gasteiger partial charge in [-0.25, -0.2) is 0 Å². The highest BCUT2D eigenvalue weighted by molar-refractivity contribution is 6.17. The van der Waals surface area contributed by atoms with Crippen LogP contribution in [-0.2, 0) is 5.88 Å². The Labute approximate surface area is 84.2 Å². The summed E-state index contributed by atoms with van der Waals surface area (Å²) in [5, 5.41) is 11.1. The van der Waals surface area contributed by atoms with Crippen molar-refractivity contribution in [2.75, 3.05) is 0 Å². The second-order valence-electron chi connectivity index (χ2n) is 2.79. The van der Waals surface area contributed by atoms with Crippen molar-refractivity contribution in [1.82, 2.24) is 0 Å². The van der Waals surface area contributed by atoms with E-state index in [1.165, 1.54) is 6.07 Å². The van der Waals surface area contributed by atoms with Gasteiger partial charge in [0.05, 0.1) is 16.2 Å². The third-order valence-electron chi connectivity index (χ3n) is 1.92. The standard InChI is InChI=1S/C9H6ClNO3/c10-5-6-4-7-8(11(12)13)2-1-3-9(7)14-6/h1-4H,5H2. The van der Waals surface area contributed by atoms with Gasteiger partial charge in [-0.1, -0.05) is 6.07 Å². The SMILES string of the molecule is O=[N+]([O-])c1cccc2oc(CCl)cc12. The topological polar surface area (TPSA) is 56.3 Å². The number of halogens is 1. The molecule has 0 radical (unpaired) electrons. The molecule has 5 heteroatoms. The summed E-state index contributed by atoms with van der Waals surface area (Å²) in [5.41, 5.74) is 0.539. The second kappa shape index (κ2) is 3.31. The molecule has 4 nitrogen and oxygen atoms in total. The van der Waals surface area contributed by atoms with E-state index in [1.807, 2.05) is 0 Å². The van der Waals surface area contributed by atoms with E-state index in [0.717, 1.165) is 0 Å². The number of benzene rings is 1. The van der Waals surface area contributed by atoms with Gasteiger partial charge < -0.3 is 4.42 Å². The van der Waals surface area contributed by atoms with Crippen molar-refractivity contribution in [3.8, 4) is 0 Å². The van der Waals surface area contributed by atoms with Gasteiger partial charge >= 0.3 is 0 Å². The smallest absolute Gasteiger partial charge is 0.280 e. The van der Waals surface area contributed by atoms with Crippen LogP contribution in [0, 0.1) is 10.1 Å². The molecule has 0 saturated carbocycles. The lowest BCUT2D eigenvalue weighted by Crippen LogP contribution is -1.86. The predicted molar refractivity (Wildman–Crippen MR) is 52.4 cm³/mol. The molecular weight excluding hydrogens is 206 g/mol. The third-order valence-corrected chi connectivity index (χ3v) is 2.18. The number of rotatable bonds is 2. The maximum Gasteiger partial charge on any atom is 0.280 e. The maximum atomic E-state index is 10.6. The fraction of sp³-hybridized carbons (Fsp3) is 0.111. The van der Waals surface area contributed by atoms with Gasteiger partial charge in [0.2, 0.25) is 0 Å². The van der Waals surface area contributed by atoms with Gasteiger partial charge in [-0.15, -0.1) is 11.6 Å². The van der Waals surface area contributed by atoms with Crippen LogP contribution in [0.25, 0.3) is 11.0 Å². The van der Waals surface area contributed by atoms with Crippen LogP contribution >= 0.6 is 11.6 Å². The Bertz CT molecular complexity index is 492. The van der Waals surface area contributed by atoms with E-state index in [4.69, 9.17) is 16.0 Å².